The Morgan fingerprint density at radius 3 is 1.13 bits per heavy atom. The van der Waals surface area contributed by atoms with Crippen molar-refractivity contribution < 1.29 is 47.7 Å². The maximum atomic E-state index is 14.6. The van der Waals surface area contributed by atoms with Crippen molar-refractivity contribution in [2.45, 2.75) is 37.8 Å². The van der Waals surface area contributed by atoms with Gasteiger partial charge in [0.15, 0.2) is 0 Å². The summed E-state index contributed by atoms with van der Waals surface area (Å²) in [5.41, 5.74) is -3.23. The van der Waals surface area contributed by atoms with Crippen LogP contribution < -0.4 is 0 Å². The molecular weight excluding hydrogens is 596 g/mol. The largest absolute Gasteiger partial charge is 0.468 e. The molecule has 2 amide bonds. The van der Waals surface area contributed by atoms with Gasteiger partial charge in [-0.15, -0.1) is 0 Å². The number of benzene rings is 2. The number of carbonyl (C=O) groups excluding carboxylic acids is 6. The van der Waals surface area contributed by atoms with E-state index in [-0.39, 0.29) is 11.1 Å². The molecule has 1 fully saturated rings. The molecule has 46 heavy (non-hydrogen) atoms. The summed E-state index contributed by atoms with van der Waals surface area (Å²) < 4.78 is 21.2. The van der Waals surface area contributed by atoms with Gasteiger partial charge in [-0.25, -0.2) is 9.59 Å². The van der Waals surface area contributed by atoms with E-state index in [1.807, 2.05) is 0 Å². The second kappa shape index (κ2) is 11.9. The number of ether oxygens (including phenoxy) is 4. The molecule has 5 rings (SSSR count). The van der Waals surface area contributed by atoms with E-state index in [1.54, 1.807) is 60.7 Å². The second-order valence-corrected chi connectivity index (χ2v) is 11.3. The van der Waals surface area contributed by atoms with Gasteiger partial charge in [0, 0.05) is 38.1 Å². The van der Waals surface area contributed by atoms with Crippen LogP contribution in [0.3, 0.4) is 0 Å². The third-order valence-electron chi connectivity index (χ3n) is 9.41. The molecule has 2 aliphatic heterocycles. The predicted molar refractivity (Wildman–Crippen MR) is 160 cm³/mol. The van der Waals surface area contributed by atoms with Crippen molar-refractivity contribution in [3.05, 3.63) is 95.3 Å². The number of methoxy groups -OCH3 is 4. The zero-order valence-corrected chi connectivity index (χ0v) is 26.2. The lowest BCUT2D eigenvalue weighted by atomic mass is 9.33. The monoisotopic (exact) mass is 630 g/mol. The number of amides is 2. The highest BCUT2D eigenvalue weighted by Gasteiger charge is 2.88. The molecule has 0 aromatic heterocycles. The van der Waals surface area contributed by atoms with Crippen LogP contribution in [0, 0.1) is 10.8 Å². The molecule has 3 aliphatic rings. The van der Waals surface area contributed by atoms with E-state index >= 15 is 0 Å². The molecule has 0 N–H and O–H groups in total. The van der Waals surface area contributed by atoms with Crippen molar-refractivity contribution in [2.75, 3.05) is 28.4 Å². The van der Waals surface area contributed by atoms with Gasteiger partial charge in [-0.2, -0.15) is 0 Å². The Kier molecular flexibility index (Phi) is 8.33. The van der Waals surface area contributed by atoms with Gasteiger partial charge < -0.3 is 28.7 Å². The van der Waals surface area contributed by atoms with Gasteiger partial charge in [0.2, 0.25) is 11.8 Å². The Morgan fingerprint density at radius 2 is 0.870 bits per heavy atom. The first kappa shape index (κ1) is 32.1. The van der Waals surface area contributed by atoms with E-state index < -0.39 is 70.4 Å². The van der Waals surface area contributed by atoms with Gasteiger partial charge in [0.05, 0.1) is 51.7 Å². The van der Waals surface area contributed by atoms with Gasteiger partial charge in [-0.05, 0) is 11.1 Å². The maximum absolute atomic E-state index is 14.6. The Bertz CT molecular complexity index is 1530. The van der Waals surface area contributed by atoms with Gasteiger partial charge in [-0.1, -0.05) is 60.7 Å². The molecule has 0 saturated heterocycles. The lowest BCUT2D eigenvalue weighted by Crippen LogP contribution is -2.89. The fraction of sp³-hybridized carbons (Fsp3) is 0.353. The van der Waals surface area contributed by atoms with Crippen LogP contribution >= 0.6 is 0 Å². The fourth-order valence-electron chi connectivity index (χ4n) is 8.02. The van der Waals surface area contributed by atoms with Crippen LogP contribution in [0.5, 0.6) is 0 Å². The Hall–Kier alpha value is -5.26. The summed E-state index contributed by atoms with van der Waals surface area (Å²) in [4.78, 5) is 85.8. The molecule has 0 unspecified atom stereocenters. The highest BCUT2D eigenvalue weighted by atomic mass is 16.5. The number of fused-ring (bicyclic) bond motifs is 4. The van der Waals surface area contributed by atoms with Crippen molar-refractivity contribution in [3.8, 4) is 0 Å². The first-order valence-electron chi connectivity index (χ1n) is 14.4. The summed E-state index contributed by atoms with van der Waals surface area (Å²) in [5, 5.41) is 0. The van der Waals surface area contributed by atoms with Crippen LogP contribution in [-0.4, -0.2) is 86.0 Å². The number of carbonyl (C=O) groups is 6. The second-order valence-electron chi connectivity index (χ2n) is 11.3. The van der Waals surface area contributed by atoms with E-state index in [0.717, 1.165) is 24.0 Å². The van der Waals surface area contributed by atoms with E-state index in [9.17, 15) is 28.8 Å². The van der Waals surface area contributed by atoms with Crippen molar-refractivity contribution in [1.29, 1.82) is 0 Å². The van der Waals surface area contributed by atoms with Crippen molar-refractivity contribution in [1.82, 2.24) is 9.80 Å². The Balaban J connectivity index is 2.03. The molecule has 0 radical (unpaired) electrons. The summed E-state index contributed by atoms with van der Waals surface area (Å²) >= 11 is 0. The lowest BCUT2D eigenvalue weighted by Gasteiger charge is -2.74. The summed E-state index contributed by atoms with van der Waals surface area (Å²) in [5.74, 6) is -7.13. The fourth-order valence-corrected chi connectivity index (χ4v) is 8.02. The topological polar surface area (TPSA) is 146 Å². The SMILES string of the molecule is COC(=O)C1=CN(C(C)=O)C2C(C(=O)OC)(C3N(C(C)=O)C=C(C(=O)OC)[C@H](c4ccccc4)C23C(=O)OC)[C@@H]1c1ccccc1. The average Bonchev–Trinajstić information content (AvgIpc) is 3.07. The van der Waals surface area contributed by atoms with Gasteiger partial charge in [0.25, 0.3) is 0 Å². The van der Waals surface area contributed by atoms with Gasteiger partial charge >= 0.3 is 23.9 Å². The molecule has 12 nitrogen and oxygen atoms in total. The molecule has 2 aromatic carbocycles. The van der Waals surface area contributed by atoms with E-state index in [1.165, 1.54) is 40.5 Å². The minimum Gasteiger partial charge on any atom is -0.468 e. The lowest BCUT2D eigenvalue weighted by molar-refractivity contribution is -0.244. The number of rotatable bonds is 6. The number of hydrogen-bond donors (Lipinski definition) is 0. The van der Waals surface area contributed by atoms with Crippen LogP contribution in [0.2, 0.25) is 0 Å². The molecule has 0 atom stereocenters. The molecule has 1 saturated carbocycles. The summed E-state index contributed by atoms with van der Waals surface area (Å²) in [6, 6.07) is 14.2. The molecular formula is C34H34N2O10. The molecule has 0 bridgehead atoms. The van der Waals surface area contributed by atoms with Crippen LogP contribution in [0.4, 0.5) is 0 Å². The summed E-state index contributed by atoms with van der Waals surface area (Å²) in [7, 11) is 4.62. The smallest absolute Gasteiger partial charge is 0.335 e. The van der Waals surface area contributed by atoms with Crippen LogP contribution in [0.15, 0.2) is 84.2 Å². The maximum Gasteiger partial charge on any atom is 0.335 e. The molecule has 240 valence electrons. The summed E-state index contributed by atoms with van der Waals surface area (Å²) in [6.45, 7) is 2.43. The zero-order valence-electron chi connectivity index (χ0n) is 26.2. The first-order valence-corrected chi connectivity index (χ1v) is 14.4. The van der Waals surface area contributed by atoms with Crippen LogP contribution in [-0.2, 0) is 47.7 Å². The van der Waals surface area contributed by atoms with Crippen LogP contribution in [0.1, 0.15) is 36.8 Å². The molecule has 1 aliphatic carbocycles. The van der Waals surface area contributed by atoms with Crippen molar-refractivity contribution >= 4 is 35.7 Å². The standard InChI is InChI=1S/C34H34N2O10/c1-19(37)35-17-23(27(39)43-3)25(21-13-9-7-10-14-21)33(31(41)45-5)29(35)34(32(42)46-6)26(22-15-11-8-12-16-22)24(28(40)44-4)18-36(20(2)38)30(33)34/h7-18,25-26,29-30H,1-6H3/t25-,26+,29?,30?,33?,34?. The average molecular weight is 631 g/mol. The van der Waals surface area contributed by atoms with Crippen LogP contribution in [0.25, 0.3) is 0 Å². The third-order valence-corrected chi connectivity index (χ3v) is 9.41. The summed E-state index contributed by atoms with van der Waals surface area (Å²) in [6.07, 6.45) is 2.55. The minimum atomic E-state index is -1.99. The number of nitrogens with zero attached hydrogens (tertiary/aromatic N) is 2. The number of hydrogen-bond acceptors (Lipinski definition) is 10. The minimum absolute atomic E-state index is 0.0773. The highest BCUT2D eigenvalue weighted by molar-refractivity contribution is 6.03. The normalized spacial score (nSPS) is 27.8. The van der Waals surface area contributed by atoms with E-state index in [4.69, 9.17) is 18.9 Å². The molecule has 2 heterocycles. The van der Waals surface area contributed by atoms with E-state index in [2.05, 4.69) is 0 Å². The molecule has 0 spiro atoms. The molecule has 12 heteroatoms. The Morgan fingerprint density at radius 1 is 0.543 bits per heavy atom. The third kappa shape index (κ3) is 4.19. The predicted octanol–water partition coefficient (Wildman–Crippen LogP) is 2.46. The first-order chi connectivity index (χ1) is 22.0. The van der Waals surface area contributed by atoms with Gasteiger partial charge in [0.1, 0.15) is 10.8 Å². The quantitative estimate of drug-likeness (QED) is 0.345. The zero-order chi connectivity index (χ0) is 33.6. The molecule has 2 aromatic rings. The number of esters is 4. The van der Waals surface area contributed by atoms with Crippen molar-refractivity contribution in [2.24, 2.45) is 10.8 Å². The Labute approximate surface area is 265 Å². The van der Waals surface area contributed by atoms with E-state index in [0.29, 0.717) is 11.1 Å². The van der Waals surface area contributed by atoms with Gasteiger partial charge in [-0.3, -0.25) is 19.2 Å². The van der Waals surface area contributed by atoms with Crippen molar-refractivity contribution in [3.63, 3.8) is 0 Å². The highest BCUT2D eigenvalue weighted by Crippen LogP contribution is 2.74.